The highest BCUT2D eigenvalue weighted by molar-refractivity contribution is 5.90. The molecule has 2 aliphatic heterocycles. The molecular weight excluding hydrogens is 270 g/mol. The summed E-state index contributed by atoms with van der Waals surface area (Å²) in [6.45, 7) is 4.48. The summed E-state index contributed by atoms with van der Waals surface area (Å²) in [5, 5.41) is 0. The highest BCUT2D eigenvalue weighted by Gasteiger charge is 2.57. The van der Waals surface area contributed by atoms with Crippen LogP contribution in [0.2, 0.25) is 0 Å². The SMILES string of the molecule is C=C1CN2C(=O)[C@H](Oc3ccccc3)[C@@H]2[C@@H]1CC(=O)OC. The van der Waals surface area contributed by atoms with Gasteiger partial charge in [0.2, 0.25) is 0 Å². The number of carbonyl (C=O) groups is 2. The van der Waals surface area contributed by atoms with Crippen LogP contribution in [0.5, 0.6) is 5.75 Å². The van der Waals surface area contributed by atoms with Crippen LogP contribution in [0.1, 0.15) is 6.42 Å². The molecule has 3 atom stereocenters. The number of carbonyl (C=O) groups excluding carboxylic acids is 2. The minimum absolute atomic E-state index is 0.0441. The summed E-state index contributed by atoms with van der Waals surface area (Å²) in [6, 6.07) is 9.11. The van der Waals surface area contributed by atoms with E-state index in [4.69, 9.17) is 9.47 Å². The van der Waals surface area contributed by atoms with Crippen molar-refractivity contribution in [3.8, 4) is 5.75 Å². The first-order valence-corrected chi connectivity index (χ1v) is 6.88. The zero-order valence-corrected chi connectivity index (χ0v) is 11.8. The Morgan fingerprint density at radius 1 is 1.38 bits per heavy atom. The first-order valence-electron chi connectivity index (χ1n) is 6.88. The molecule has 0 aromatic heterocycles. The summed E-state index contributed by atoms with van der Waals surface area (Å²) in [6.07, 6.45) is -0.306. The van der Waals surface area contributed by atoms with E-state index in [9.17, 15) is 9.59 Å². The number of nitrogens with zero attached hydrogens (tertiary/aromatic N) is 1. The van der Waals surface area contributed by atoms with Crippen LogP contribution in [-0.2, 0) is 14.3 Å². The van der Waals surface area contributed by atoms with Crippen LogP contribution in [0.4, 0.5) is 0 Å². The van der Waals surface area contributed by atoms with Gasteiger partial charge in [0.15, 0.2) is 6.10 Å². The van der Waals surface area contributed by atoms with Crippen molar-refractivity contribution in [2.45, 2.75) is 18.6 Å². The number of methoxy groups -OCH3 is 1. The Morgan fingerprint density at radius 3 is 2.76 bits per heavy atom. The number of rotatable bonds is 4. The molecule has 110 valence electrons. The molecule has 0 saturated carbocycles. The molecule has 1 aromatic carbocycles. The van der Waals surface area contributed by atoms with E-state index in [0.717, 1.165) is 5.57 Å². The van der Waals surface area contributed by atoms with E-state index in [-0.39, 0.29) is 30.3 Å². The molecule has 1 amide bonds. The number of fused-ring (bicyclic) bond motifs is 1. The number of hydrogen-bond acceptors (Lipinski definition) is 4. The normalized spacial score (nSPS) is 27.1. The summed E-state index contributed by atoms with van der Waals surface area (Å²) in [7, 11) is 1.36. The van der Waals surface area contributed by atoms with Crippen molar-refractivity contribution in [2.75, 3.05) is 13.7 Å². The number of hydrogen-bond donors (Lipinski definition) is 0. The predicted molar refractivity (Wildman–Crippen MR) is 75.6 cm³/mol. The Labute approximate surface area is 123 Å². The molecule has 2 heterocycles. The van der Waals surface area contributed by atoms with Crippen molar-refractivity contribution < 1.29 is 19.1 Å². The smallest absolute Gasteiger partial charge is 0.306 e. The molecular formula is C16H17NO4. The number of para-hydroxylation sites is 1. The molecule has 0 spiro atoms. The van der Waals surface area contributed by atoms with Gasteiger partial charge in [-0.05, 0) is 12.1 Å². The fraction of sp³-hybridized carbons (Fsp3) is 0.375. The summed E-state index contributed by atoms with van der Waals surface area (Å²) < 4.78 is 10.5. The molecule has 5 nitrogen and oxygen atoms in total. The molecule has 0 radical (unpaired) electrons. The monoisotopic (exact) mass is 287 g/mol. The lowest BCUT2D eigenvalue weighted by Gasteiger charge is -2.43. The molecule has 0 unspecified atom stereocenters. The lowest BCUT2D eigenvalue weighted by atomic mass is 9.85. The van der Waals surface area contributed by atoms with E-state index in [2.05, 4.69) is 6.58 Å². The third-order valence-electron chi connectivity index (χ3n) is 4.13. The van der Waals surface area contributed by atoms with Crippen molar-refractivity contribution in [1.29, 1.82) is 0 Å². The Kier molecular flexibility index (Phi) is 3.41. The summed E-state index contributed by atoms with van der Waals surface area (Å²) in [5.41, 5.74) is 0.887. The van der Waals surface area contributed by atoms with Gasteiger partial charge in [0, 0.05) is 12.5 Å². The van der Waals surface area contributed by atoms with Crippen LogP contribution in [0.3, 0.4) is 0 Å². The number of benzene rings is 1. The fourth-order valence-corrected chi connectivity index (χ4v) is 3.02. The second-order valence-electron chi connectivity index (χ2n) is 5.35. The van der Waals surface area contributed by atoms with Gasteiger partial charge >= 0.3 is 5.97 Å². The quantitative estimate of drug-likeness (QED) is 0.477. The Hall–Kier alpha value is -2.30. The third-order valence-corrected chi connectivity index (χ3v) is 4.13. The summed E-state index contributed by atoms with van der Waals surface area (Å²) >= 11 is 0. The van der Waals surface area contributed by atoms with Crippen LogP contribution >= 0.6 is 0 Å². The summed E-state index contributed by atoms with van der Waals surface area (Å²) in [5.74, 6) is 0.229. The van der Waals surface area contributed by atoms with Crippen molar-refractivity contribution in [1.82, 2.24) is 4.90 Å². The molecule has 21 heavy (non-hydrogen) atoms. The topological polar surface area (TPSA) is 55.8 Å². The predicted octanol–water partition coefficient (Wildman–Crippen LogP) is 1.39. The second-order valence-corrected chi connectivity index (χ2v) is 5.35. The van der Waals surface area contributed by atoms with Gasteiger partial charge in [-0.15, -0.1) is 0 Å². The molecule has 3 rings (SSSR count). The molecule has 2 aliphatic rings. The van der Waals surface area contributed by atoms with Crippen LogP contribution < -0.4 is 4.74 Å². The largest absolute Gasteiger partial charge is 0.478 e. The van der Waals surface area contributed by atoms with E-state index in [0.29, 0.717) is 12.3 Å². The molecule has 2 fully saturated rings. The van der Waals surface area contributed by atoms with Crippen molar-refractivity contribution in [3.05, 3.63) is 42.5 Å². The van der Waals surface area contributed by atoms with Gasteiger partial charge in [-0.2, -0.15) is 0 Å². The lowest BCUT2D eigenvalue weighted by Crippen LogP contribution is -2.65. The maximum atomic E-state index is 12.1. The van der Waals surface area contributed by atoms with E-state index in [1.54, 1.807) is 4.90 Å². The van der Waals surface area contributed by atoms with Gasteiger partial charge in [-0.3, -0.25) is 9.59 Å². The number of ether oxygens (including phenoxy) is 2. The molecule has 0 N–H and O–H groups in total. The van der Waals surface area contributed by atoms with E-state index < -0.39 is 6.10 Å². The van der Waals surface area contributed by atoms with Crippen molar-refractivity contribution in [3.63, 3.8) is 0 Å². The average Bonchev–Trinajstić information content (AvgIpc) is 2.79. The van der Waals surface area contributed by atoms with Crippen LogP contribution in [0, 0.1) is 5.92 Å². The first kappa shape index (κ1) is 13.7. The second kappa shape index (κ2) is 5.24. The van der Waals surface area contributed by atoms with Gasteiger partial charge in [-0.25, -0.2) is 0 Å². The molecule has 2 saturated heterocycles. The van der Waals surface area contributed by atoms with E-state index >= 15 is 0 Å². The van der Waals surface area contributed by atoms with Crippen LogP contribution in [-0.4, -0.2) is 42.6 Å². The van der Waals surface area contributed by atoms with Crippen molar-refractivity contribution >= 4 is 11.9 Å². The third kappa shape index (κ3) is 2.28. The Morgan fingerprint density at radius 2 is 2.10 bits per heavy atom. The number of amides is 1. The van der Waals surface area contributed by atoms with Crippen molar-refractivity contribution in [2.24, 2.45) is 5.92 Å². The average molecular weight is 287 g/mol. The van der Waals surface area contributed by atoms with Gasteiger partial charge < -0.3 is 14.4 Å². The maximum absolute atomic E-state index is 12.1. The molecule has 5 heteroatoms. The van der Waals surface area contributed by atoms with E-state index in [1.807, 2.05) is 30.3 Å². The fourth-order valence-electron chi connectivity index (χ4n) is 3.02. The Bertz CT molecular complexity index is 583. The first-order chi connectivity index (χ1) is 10.1. The zero-order valence-electron chi connectivity index (χ0n) is 11.8. The zero-order chi connectivity index (χ0) is 15.0. The van der Waals surface area contributed by atoms with E-state index in [1.165, 1.54) is 7.11 Å². The highest BCUT2D eigenvalue weighted by Crippen LogP contribution is 2.41. The summed E-state index contributed by atoms with van der Waals surface area (Å²) in [4.78, 5) is 25.4. The minimum atomic E-state index is -0.540. The minimum Gasteiger partial charge on any atom is -0.478 e. The van der Waals surface area contributed by atoms with Gasteiger partial charge in [-0.1, -0.05) is 30.4 Å². The van der Waals surface area contributed by atoms with Crippen LogP contribution in [0.15, 0.2) is 42.5 Å². The maximum Gasteiger partial charge on any atom is 0.306 e. The van der Waals surface area contributed by atoms with Gasteiger partial charge in [0.1, 0.15) is 5.75 Å². The number of esters is 1. The number of β-lactam (4-membered cyclic amide) rings is 1. The molecule has 0 bridgehead atoms. The highest BCUT2D eigenvalue weighted by atomic mass is 16.5. The molecule has 1 aromatic rings. The van der Waals surface area contributed by atoms with Gasteiger partial charge in [0.05, 0.1) is 19.6 Å². The lowest BCUT2D eigenvalue weighted by molar-refractivity contribution is -0.162. The van der Waals surface area contributed by atoms with Gasteiger partial charge in [0.25, 0.3) is 5.91 Å². The standard InChI is InChI=1S/C16H17NO4/c1-10-9-17-14(12(10)8-13(18)20-2)15(16(17)19)21-11-6-4-3-5-7-11/h3-7,12,14-15H,1,8-9H2,2H3/t12-,14+,15-/m1/s1. The molecule has 0 aliphatic carbocycles. The Balaban J connectivity index is 1.75. The van der Waals surface area contributed by atoms with Crippen LogP contribution in [0.25, 0.3) is 0 Å².